The number of anilines is 1. The molecule has 26 heavy (non-hydrogen) atoms. The first-order valence-corrected chi connectivity index (χ1v) is 9.01. The van der Waals surface area contributed by atoms with Gasteiger partial charge in [-0.15, -0.1) is 0 Å². The van der Waals surface area contributed by atoms with Gasteiger partial charge in [-0.2, -0.15) is 0 Å². The molecule has 2 aromatic rings. The Hall–Kier alpha value is -2.51. The fraction of sp³-hybridized carbons (Fsp3) is 0.421. The summed E-state index contributed by atoms with van der Waals surface area (Å²) in [5.41, 5.74) is 9.77. The van der Waals surface area contributed by atoms with Crippen molar-refractivity contribution in [3.63, 3.8) is 0 Å². The maximum absolute atomic E-state index is 11.6. The van der Waals surface area contributed by atoms with Crippen molar-refractivity contribution in [3.05, 3.63) is 41.9 Å². The number of amides is 2. The number of fused-ring (bicyclic) bond motifs is 1. The molecule has 136 valence electrons. The van der Waals surface area contributed by atoms with Gasteiger partial charge < -0.3 is 10.5 Å². The maximum atomic E-state index is 11.6. The molecule has 0 spiro atoms. The minimum Gasteiger partial charge on any atom is -0.379 e. The predicted octanol–water partition coefficient (Wildman–Crippen LogP) is 1.81. The van der Waals surface area contributed by atoms with Crippen molar-refractivity contribution in [2.24, 2.45) is 5.73 Å². The molecule has 2 aromatic heterocycles. The van der Waals surface area contributed by atoms with Crippen molar-refractivity contribution in [2.45, 2.75) is 19.4 Å². The van der Waals surface area contributed by atoms with E-state index in [1.807, 2.05) is 12.4 Å². The summed E-state index contributed by atoms with van der Waals surface area (Å²) in [4.78, 5) is 24.4. The number of nitrogens with zero attached hydrogens (tertiary/aromatic N) is 4. The summed E-state index contributed by atoms with van der Waals surface area (Å²) in [6, 6.07) is 3.83. The molecule has 7 heteroatoms. The molecule has 2 aliphatic rings. The Bertz CT molecular complexity index is 804. The lowest BCUT2D eigenvalue weighted by molar-refractivity contribution is 0.0341. The van der Waals surface area contributed by atoms with Crippen LogP contribution in [0.5, 0.6) is 0 Å². The Labute approximate surface area is 152 Å². The monoisotopic (exact) mass is 353 g/mol. The number of nitrogens with two attached hydrogens (primary N) is 1. The lowest BCUT2D eigenvalue weighted by Gasteiger charge is -2.27. The van der Waals surface area contributed by atoms with Crippen LogP contribution in [0, 0.1) is 0 Å². The van der Waals surface area contributed by atoms with E-state index in [-0.39, 0.29) is 0 Å². The van der Waals surface area contributed by atoms with E-state index in [2.05, 4.69) is 27.0 Å². The number of rotatable bonds is 3. The van der Waals surface area contributed by atoms with Crippen LogP contribution in [-0.4, -0.2) is 53.7 Å². The quantitative estimate of drug-likeness (QED) is 0.910. The molecule has 0 aromatic carbocycles. The minimum absolute atomic E-state index is 0.444. The van der Waals surface area contributed by atoms with Crippen LogP contribution in [0.4, 0.5) is 10.6 Å². The van der Waals surface area contributed by atoms with Crippen molar-refractivity contribution in [1.82, 2.24) is 14.9 Å². The van der Waals surface area contributed by atoms with Gasteiger partial charge in [0.1, 0.15) is 5.82 Å². The number of carbonyl (C=O) groups is 1. The smallest absolute Gasteiger partial charge is 0.320 e. The zero-order chi connectivity index (χ0) is 17.9. The van der Waals surface area contributed by atoms with E-state index in [0.29, 0.717) is 12.4 Å². The van der Waals surface area contributed by atoms with Gasteiger partial charge in [-0.1, -0.05) is 0 Å². The summed E-state index contributed by atoms with van der Waals surface area (Å²) in [5.74, 6) is 0.685. The number of urea groups is 1. The molecule has 1 fully saturated rings. The molecule has 2 N–H and O–H groups in total. The maximum Gasteiger partial charge on any atom is 0.320 e. The fourth-order valence-electron chi connectivity index (χ4n) is 3.59. The Morgan fingerprint density at radius 3 is 2.73 bits per heavy atom. The minimum atomic E-state index is -0.444. The highest BCUT2D eigenvalue weighted by molar-refractivity contribution is 5.91. The number of hydrogen-bond donors (Lipinski definition) is 1. The van der Waals surface area contributed by atoms with Crippen molar-refractivity contribution in [2.75, 3.05) is 37.7 Å². The molecule has 2 aliphatic heterocycles. The molecule has 7 nitrogen and oxygen atoms in total. The number of primary amides is 1. The first-order chi connectivity index (χ1) is 12.7. The summed E-state index contributed by atoms with van der Waals surface area (Å²) in [7, 11) is 0. The van der Waals surface area contributed by atoms with Crippen LogP contribution in [0.3, 0.4) is 0 Å². The highest BCUT2D eigenvalue weighted by Crippen LogP contribution is 2.29. The Kier molecular flexibility index (Phi) is 4.81. The van der Waals surface area contributed by atoms with Gasteiger partial charge in [0.2, 0.25) is 0 Å². The van der Waals surface area contributed by atoms with E-state index in [9.17, 15) is 4.79 Å². The van der Waals surface area contributed by atoms with Crippen LogP contribution in [0.1, 0.15) is 17.5 Å². The number of pyridine rings is 2. The number of aryl methyl sites for hydroxylation is 1. The summed E-state index contributed by atoms with van der Waals surface area (Å²) in [5, 5.41) is 0. The van der Waals surface area contributed by atoms with Crippen LogP contribution in [0.2, 0.25) is 0 Å². The average Bonchev–Trinajstić information content (AvgIpc) is 2.68. The van der Waals surface area contributed by atoms with E-state index in [1.165, 1.54) is 5.56 Å². The largest absolute Gasteiger partial charge is 0.379 e. The summed E-state index contributed by atoms with van der Waals surface area (Å²) < 4.78 is 5.41. The molecule has 4 rings (SSSR count). The molecule has 1 saturated heterocycles. The van der Waals surface area contributed by atoms with Gasteiger partial charge >= 0.3 is 6.03 Å². The Morgan fingerprint density at radius 1 is 1.12 bits per heavy atom. The summed E-state index contributed by atoms with van der Waals surface area (Å²) >= 11 is 0. The second-order valence-electron chi connectivity index (χ2n) is 6.77. The number of hydrogen-bond acceptors (Lipinski definition) is 5. The van der Waals surface area contributed by atoms with Crippen molar-refractivity contribution in [1.29, 1.82) is 0 Å². The van der Waals surface area contributed by atoms with E-state index in [0.717, 1.165) is 62.4 Å². The topological polar surface area (TPSA) is 84.6 Å². The third-order valence-corrected chi connectivity index (χ3v) is 4.93. The van der Waals surface area contributed by atoms with E-state index in [4.69, 9.17) is 10.5 Å². The standard InChI is InChI=1S/C19H23N5O2/c20-19(25)24-3-1-2-15-9-17(12-22-18(15)24)16-8-14(10-21-11-16)13-23-4-6-26-7-5-23/h8-12H,1-7,13H2,(H2,20,25). The predicted molar refractivity (Wildman–Crippen MR) is 98.8 cm³/mol. The number of carbonyl (C=O) groups excluding carboxylic acids is 1. The molecular weight excluding hydrogens is 330 g/mol. The van der Waals surface area contributed by atoms with Gasteiger partial charge in [0.15, 0.2) is 0 Å². The van der Waals surface area contributed by atoms with E-state index in [1.54, 1.807) is 11.1 Å². The van der Waals surface area contributed by atoms with Gasteiger partial charge in [-0.3, -0.25) is 14.8 Å². The zero-order valence-corrected chi connectivity index (χ0v) is 14.7. The van der Waals surface area contributed by atoms with Gasteiger partial charge in [-0.25, -0.2) is 9.78 Å². The number of aromatic nitrogens is 2. The molecule has 0 radical (unpaired) electrons. The molecule has 2 amide bonds. The number of ether oxygens (including phenoxy) is 1. The second kappa shape index (κ2) is 7.39. The zero-order valence-electron chi connectivity index (χ0n) is 14.7. The van der Waals surface area contributed by atoms with Crippen molar-refractivity contribution in [3.8, 4) is 11.1 Å². The third-order valence-electron chi connectivity index (χ3n) is 4.93. The molecule has 0 unspecified atom stereocenters. The van der Waals surface area contributed by atoms with Crippen LogP contribution in [0.15, 0.2) is 30.7 Å². The molecule has 0 atom stereocenters. The summed E-state index contributed by atoms with van der Waals surface area (Å²) in [6.45, 7) is 4.99. The number of morpholine rings is 1. The van der Waals surface area contributed by atoms with Crippen LogP contribution in [-0.2, 0) is 17.7 Å². The van der Waals surface area contributed by atoms with E-state index >= 15 is 0 Å². The second-order valence-corrected chi connectivity index (χ2v) is 6.77. The van der Waals surface area contributed by atoms with E-state index < -0.39 is 6.03 Å². The molecule has 0 bridgehead atoms. The van der Waals surface area contributed by atoms with Gasteiger partial charge in [0.25, 0.3) is 0 Å². The van der Waals surface area contributed by atoms with Gasteiger partial charge in [0, 0.05) is 55.9 Å². The molecule has 0 aliphatic carbocycles. The first kappa shape index (κ1) is 16.9. The highest BCUT2D eigenvalue weighted by atomic mass is 16.5. The highest BCUT2D eigenvalue weighted by Gasteiger charge is 2.22. The van der Waals surface area contributed by atoms with Crippen LogP contribution in [0.25, 0.3) is 11.1 Å². The van der Waals surface area contributed by atoms with Crippen molar-refractivity contribution >= 4 is 11.8 Å². The van der Waals surface area contributed by atoms with Gasteiger partial charge in [-0.05, 0) is 36.1 Å². The Morgan fingerprint density at radius 2 is 1.92 bits per heavy atom. The fourth-order valence-corrected chi connectivity index (χ4v) is 3.59. The molecular formula is C19H23N5O2. The van der Waals surface area contributed by atoms with Gasteiger partial charge in [0.05, 0.1) is 13.2 Å². The lowest BCUT2D eigenvalue weighted by Crippen LogP contribution is -2.40. The normalized spacial score (nSPS) is 17.8. The lowest BCUT2D eigenvalue weighted by atomic mass is 10.0. The average molecular weight is 353 g/mol. The SMILES string of the molecule is NC(=O)N1CCCc2cc(-c3cncc(CN4CCOCC4)c3)cnc21. The van der Waals surface area contributed by atoms with Crippen LogP contribution >= 0.6 is 0 Å². The van der Waals surface area contributed by atoms with Crippen LogP contribution < -0.4 is 10.6 Å². The molecule has 4 heterocycles. The third kappa shape index (κ3) is 3.54. The Balaban J connectivity index is 1.57. The summed E-state index contributed by atoms with van der Waals surface area (Å²) in [6.07, 6.45) is 7.38. The molecule has 0 saturated carbocycles. The first-order valence-electron chi connectivity index (χ1n) is 9.01. The van der Waals surface area contributed by atoms with Crippen molar-refractivity contribution < 1.29 is 9.53 Å².